The van der Waals surface area contributed by atoms with Crippen molar-refractivity contribution in [2.24, 2.45) is 11.7 Å². The molecule has 116 valence electrons. The lowest BCUT2D eigenvalue weighted by Gasteiger charge is -2.32. The van der Waals surface area contributed by atoms with Crippen molar-refractivity contribution in [2.75, 3.05) is 26.9 Å². The summed E-state index contributed by atoms with van der Waals surface area (Å²) in [6.07, 6.45) is 6.90. The van der Waals surface area contributed by atoms with Gasteiger partial charge in [0.1, 0.15) is 0 Å². The molecule has 0 bridgehead atoms. The number of nitrogens with two attached hydrogens (primary N) is 1. The van der Waals surface area contributed by atoms with E-state index in [1.807, 2.05) is 6.07 Å². The van der Waals surface area contributed by atoms with Crippen LogP contribution in [0.1, 0.15) is 43.7 Å². The zero-order valence-electron chi connectivity index (χ0n) is 12.9. The summed E-state index contributed by atoms with van der Waals surface area (Å²) >= 11 is 0. The van der Waals surface area contributed by atoms with Crippen molar-refractivity contribution < 1.29 is 9.47 Å². The van der Waals surface area contributed by atoms with Gasteiger partial charge >= 0.3 is 0 Å². The second-order valence-corrected chi connectivity index (χ2v) is 6.31. The lowest BCUT2D eigenvalue weighted by atomic mass is 9.88. The maximum absolute atomic E-state index is 6.04. The summed E-state index contributed by atoms with van der Waals surface area (Å²) in [5.74, 6) is 2.51. The van der Waals surface area contributed by atoms with Crippen molar-refractivity contribution in [2.45, 2.75) is 38.1 Å². The number of ether oxygens (including phenoxy) is 2. The van der Waals surface area contributed by atoms with E-state index in [0.29, 0.717) is 13.3 Å². The average molecular weight is 290 g/mol. The second-order valence-electron chi connectivity index (χ2n) is 6.31. The fourth-order valence-electron chi connectivity index (χ4n) is 3.60. The average Bonchev–Trinajstić information content (AvgIpc) is 2.96. The standard InChI is InChI=1S/C17H26N2O2/c1-19(11-13-5-3-2-4-6-13)15(10-18)14-7-8-16-17(9-14)21-12-20-16/h7-9,13,15H,2-6,10-12,18H2,1H3. The Bertz CT molecular complexity index is 472. The highest BCUT2D eigenvalue weighted by Crippen LogP contribution is 2.35. The van der Waals surface area contributed by atoms with Gasteiger partial charge in [0.15, 0.2) is 11.5 Å². The van der Waals surface area contributed by atoms with Gasteiger partial charge in [0.05, 0.1) is 0 Å². The summed E-state index contributed by atoms with van der Waals surface area (Å²) in [6.45, 7) is 2.09. The predicted molar refractivity (Wildman–Crippen MR) is 83.6 cm³/mol. The van der Waals surface area contributed by atoms with Gasteiger partial charge in [-0.1, -0.05) is 25.3 Å². The third-order valence-corrected chi connectivity index (χ3v) is 4.81. The minimum atomic E-state index is 0.251. The van der Waals surface area contributed by atoms with Crippen molar-refractivity contribution in [3.8, 4) is 11.5 Å². The fraction of sp³-hybridized carbons (Fsp3) is 0.647. The molecule has 1 aromatic rings. The van der Waals surface area contributed by atoms with E-state index in [4.69, 9.17) is 15.2 Å². The molecule has 1 unspecified atom stereocenters. The maximum atomic E-state index is 6.04. The molecule has 4 nitrogen and oxygen atoms in total. The number of benzene rings is 1. The van der Waals surface area contributed by atoms with E-state index in [2.05, 4.69) is 24.1 Å². The lowest BCUT2D eigenvalue weighted by Crippen LogP contribution is -2.34. The Labute approximate surface area is 127 Å². The molecule has 1 aromatic carbocycles. The number of hydrogen-bond donors (Lipinski definition) is 1. The highest BCUT2D eigenvalue weighted by Gasteiger charge is 2.23. The smallest absolute Gasteiger partial charge is 0.231 e. The minimum absolute atomic E-state index is 0.251. The molecule has 0 amide bonds. The van der Waals surface area contributed by atoms with E-state index in [0.717, 1.165) is 24.0 Å². The summed E-state index contributed by atoms with van der Waals surface area (Å²) < 4.78 is 10.9. The van der Waals surface area contributed by atoms with E-state index in [1.165, 1.54) is 37.7 Å². The van der Waals surface area contributed by atoms with Gasteiger partial charge in [-0.3, -0.25) is 4.90 Å². The fourth-order valence-corrected chi connectivity index (χ4v) is 3.60. The summed E-state index contributed by atoms with van der Waals surface area (Å²) in [6, 6.07) is 6.44. The molecule has 0 spiro atoms. The van der Waals surface area contributed by atoms with Gasteiger partial charge in [-0.25, -0.2) is 0 Å². The molecular formula is C17H26N2O2. The summed E-state index contributed by atoms with van der Waals surface area (Å²) in [5, 5.41) is 0. The molecule has 0 aromatic heterocycles. The Morgan fingerprint density at radius 3 is 2.71 bits per heavy atom. The first-order chi connectivity index (χ1) is 10.3. The Kier molecular flexibility index (Phi) is 4.66. The molecule has 1 fully saturated rings. The van der Waals surface area contributed by atoms with E-state index < -0.39 is 0 Å². The number of fused-ring (bicyclic) bond motifs is 1. The second kappa shape index (κ2) is 6.67. The number of nitrogens with zero attached hydrogens (tertiary/aromatic N) is 1. The van der Waals surface area contributed by atoms with Crippen LogP contribution in [0.25, 0.3) is 0 Å². The Morgan fingerprint density at radius 1 is 1.19 bits per heavy atom. The first-order valence-corrected chi connectivity index (χ1v) is 8.08. The van der Waals surface area contributed by atoms with Gasteiger partial charge in [-0.15, -0.1) is 0 Å². The first kappa shape index (κ1) is 14.7. The summed E-state index contributed by atoms with van der Waals surface area (Å²) in [5.41, 5.74) is 7.26. The number of rotatable bonds is 5. The third-order valence-electron chi connectivity index (χ3n) is 4.81. The normalized spacial score (nSPS) is 20.0. The summed E-state index contributed by atoms with van der Waals surface area (Å²) in [7, 11) is 2.19. The van der Waals surface area contributed by atoms with Crippen LogP contribution in [0.15, 0.2) is 18.2 Å². The first-order valence-electron chi connectivity index (χ1n) is 8.08. The van der Waals surface area contributed by atoms with E-state index in [1.54, 1.807) is 0 Å². The van der Waals surface area contributed by atoms with Gasteiger partial charge < -0.3 is 15.2 Å². The molecule has 0 radical (unpaired) electrons. The van der Waals surface area contributed by atoms with Gasteiger partial charge in [0.2, 0.25) is 6.79 Å². The molecule has 2 aliphatic rings. The zero-order chi connectivity index (χ0) is 14.7. The Hall–Kier alpha value is -1.26. The maximum Gasteiger partial charge on any atom is 0.231 e. The molecule has 1 heterocycles. The van der Waals surface area contributed by atoms with Crippen molar-refractivity contribution in [3.63, 3.8) is 0 Å². The number of hydrogen-bond acceptors (Lipinski definition) is 4. The molecule has 1 saturated carbocycles. The van der Waals surface area contributed by atoms with E-state index in [9.17, 15) is 0 Å². The topological polar surface area (TPSA) is 47.7 Å². The van der Waals surface area contributed by atoms with E-state index in [-0.39, 0.29) is 6.04 Å². The molecule has 1 aliphatic carbocycles. The van der Waals surface area contributed by atoms with Crippen LogP contribution in [0.5, 0.6) is 11.5 Å². The SMILES string of the molecule is CN(CC1CCCCC1)C(CN)c1ccc2c(c1)OCO2. The van der Waals surface area contributed by atoms with Crippen LogP contribution in [-0.4, -0.2) is 31.8 Å². The highest BCUT2D eigenvalue weighted by atomic mass is 16.7. The van der Waals surface area contributed by atoms with Crippen molar-refractivity contribution in [1.82, 2.24) is 4.90 Å². The van der Waals surface area contributed by atoms with Crippen LogP contribution in [0.3, 0.4) is 0 Å². The van der Waals surface area contributed by atoms with Gasteiger partial charge in [0.25, 0.3) is 0 Å². The molecule has 0 saturated heterocycles. The molecule has 21 heavy (non-hydrogen) atoms. The van der Waals surface area contributed by atoms with Crippen molar-refractivity contribution in [3.05, 3.63) is 23.8 Å². The molecule has 2 N–H and O–H groups in total. The Balaban J connectivity index is 1.68. The molecular weight excluding hydrogens is 264 g/mol. The van der Waals surface area contributed by atoms with Crippen LogP contribution in [0.4, 0.5) is 0 Å². The Morgan fingerprint density at radius 2 is 1.95 bits per heavy atom. The van der Waals surface area contributed by atoms with Crippen LogP contribution < -0.4 is 15.2 Å². The molecule has 3 rings (SSSR count). The highest BCUT2D eigenvalue weighted by molar-refractivity contribution is 5.45. The predicted octanol–water partition coefficient (Wildman–Crippen LogP) is 2.93. The molecule has 4 heteroatoms. The van der Waals surface area contributed by atoms with Crippen LogP contribution in [0, 0.1) is 5.92 Å². The molecule has 1 aliphatic heterocycles. The van der Waals surface area contributed by atoms with Crippen molar-refractivity contribution >= 4 is 0 Å². The van der Waals surface area contributed by atoms with Crippen LogP contribution in [0.2, 0.25) is 0 Å². The summed E-state index contributed by atoms with van der Waals surface area (Å²) in [4.78, 5) is 2.41. The monoisotopic (exact) mass is 290 g/mol. The third kappa shape index (κ3) is 3.33. The number of likely N-dealkylation sites (N-methyl/N-ethyl adjacent to an activating group) is 1. The molecule has 1 atom stereocenters. The van der Waals surface area contributed by atoms with Gasteiger partial charge in [0, 0.05) is 19.1 Å². The zero-order valence-corrected chi connectivity index (χ0v) is 12.9. The van der Waals surface area contributed by atoms with E-state index >= 15 is 0 Å². The largest absolute Gasteiger partial charge is 0.454 e. The lowest BCUT2D eigenvalue weighted by molar-refractivity contribution is 0.173. The van der Waals surface area contributed by atoms with Gasteiger partial charge in [-0.2, -0.15) is 0 Å². The minimum Gasteiger partial charge on any atom is -0.454 e. The van der Waals surface area contributed by atoms with Crippen LogP contribution >= 0.6 is 0 Å². The van der Waals surface area contributed by atoms with Gasteiger partial charge in [-0.05, 0) is 43.5 Å². The van der Waals surface area contributed by atoms with Crippen LogP contribution in [-0.2, 0) is 0 Å². The quantitative estimate of drug-likeness (QED) is 0.906. The van der Waals surface area contributed by atoms with Crippen molar-refractivity contribution in [1.29, 1.82) is 0 Å².